The lowest BCUT2D eigenvalue weighted by atomic mass is 10.1. The van der Waals surface area contributed by atoms with Crippen LogP contribution in [0.3, 0.4) is 0 Å². The number of fused-ring (bicyclic) bond motifs is 1. The summed E-state index contributed by atoms with van der Waals surface area (Å²) < 4.78 is 15.4. The predicted octanol–water partition coefficient (Wildman–Crippen LogP) is 4.03. The van der Waals surface area contributed by atoms with Gasteiger partial charge in [0, 0.05) is 28.8 Å². The van der Waals surface area contributed by atoms with Crippen LogP contribution in [0.4, 0.5) is 10.5 Å². The Hall–Kier alpha value is -3.61. The van der Waals surface area contributed by atoms with Gasteiger partial charge in [-0.2, -0.15) is 0 Å². The van der Waals surface area contributed by atoms with E-state index in [-0.39, 0.29) is 18.8 Å². The molecule has 1 aromatic heterocycles. The molecule has 0 spiro atoms. The van der Waals surface area contributed by atoms with Crippen molar-refractivity contribution < 1.29 is 23.5 Å². The molecule has 144 valence electrons. The Balaban J connectivity index is 1.82. The first-order valence-corrected chi connectivity index (χ1v) is 8.70. The monoisotopic (exact) mass is 381 g/mol. The van der Waals surface area contributed by atoms with E-state index in [2.05, 4.69) is 5.32 Å². The lowest BCUT2D eigenvalue weighted by Gasteiger charge is -2.09. The number of carbonyl (C=O) groups excluding carboxylic acids is 2. The second-order valence-corrected chi connectivity index (χ2v) is 6.09. The van der Waals surface area contributed by atoms with Gasteiger partial charge < -0.3 is 13.9 Å². The van der Waals surface area contributed by atoms with E-state index in [1.165, 1.54) is 12.1 Å². The molecule has 0 aliphatic carbocycles. The summed E-state index contributed by atoms with van der Waals surface area (Å²) >= 11 is 0. The van der Waals surface area contributed by atoms with E-state index < -0.39 is 17.7 Å². The maximum Gasteiger partial charge on any atom is 0.411 e. The van der Waals surface area contributed by atoms with Crippen LogP contribution in [0, 0.1) is 6.92 Å². The number of nitrogens with one attached hydrogen (secondary N) is 1. The minimum Gasteiger partial charge on any atom is -0.457 e. The van der Waals surface area contributed by atoms with Crippen LogP contribution in [0.2, 0.25) is 0 Å². The number of ether oxygens (including phenoxy) is 2. The molecule has 1 N–H and O–H groups in total. The molecule has 3 rings (SSSR count). The maximum absolute atomic E-state index is 12.2. The van der Waals surface area contributed by atoms with Crippen LogP contribution in [0.15, 0.2) is 57.7 Å². The average molecular weight is 381 g/mol. The number of amides is 1. The molecule has 28 heavy (non-hydrogen) atoms. The van der Waals surface area contributed by atoms with Crippen LogP contribution < -0.4 is 10.9 Å². The van der Waals surface area contributed by atoms with Crippen LogP contribution in [-0.4, -0.2) is 18.7 Å². The van der Waals surface area contributed by atoms with Crippen molar-refractivity contribution in [2.75, 3.05) is 11.9 Å². The highest BCUT2D eigenvalue weighted by Crippen LogP contribution is 2.22. The molecular weight excluding hydrogens is 362 g/mol. The first kappa shape index (κ1) is 19.2. The Bertz CT molecular complexity index is 1090. The number of esters is 1. The van der Waals surface area contributed by atoms with E-state index in [9.17, 15) is 14.4 Å². The molecule has 0 saturated carbocycles. The zero-order chi connectivity index (χ0) is 20.1. The van der Waals surface area contributed by atoms with Gasteiger partial charge in [-0.1, -0.05) is 17.7 Å². The molecule has 1 heterocycles. The summed E-state index contributed by atoms with van der Waals surface area (Å²) in [5.74, 6) is -0.481. The standard InChI is InChI=1S/C21H19NO6/c1-3-26-21(25)22-16-7-8-17-15(10-19(23)28-18(17)11-16)12-27-20(24)14-6-4-5-13(2)9-14/h4-11H,3,12H2,1-2H3,(H,22,25). The molecule has 2 aromatic carbocycles. The number of hydrogen-bond acceptors (Lipinski definition) is 6. The van der Waals surface area contributed by atoms with Gasteiger partial charge in [0.25, 0.3) is 0 Å². The van der Waals surface area contributed by atoms with E-state index in [1.807, 2.05) is 13.0 Å². The summed E-state index contributed by atoms with van der Waals surface area (Å²) in [5.41, 5.74) is 2.00. The molecule has 0 unspecified atom stereocenters. The quantitative estimate of drug-likeness (QED) is 0.530. The van der Waals surface area contributed by atoms with Gasteiger partial charge in [-0.05, 0) is 38.1 Å². The topological polar surface area (TPSA) is 94.8 Å². The first-order valence-electron chi connectivity index (χ1n) is 8.70. The van der Waals surface area contributed by atoms with Crippen LogP contribution in [0.25, 0.3) is 11.0 Å². The molecule has 1 amide bonds. The highest BCUT2D eigenvalue weighted by atomic mass is 16.5. The Morgan fingerprint density at radius 3 is 2.64 bits per heavy atom. The summed E-state index contributed by atoms with van der Waals surface area (Å²) in [6.45, 7) is 3.74. The van der Waals surface area contributed by atoms with Crippen molar-refractivity contribution >= 4 is 28.7 Å². The fourth-order valence-corrected chi connectivity index (χ4v) is 2.71. The Kier molecular flexibility index (Phi) is 5.74. The third kappa shape index (κ3) is 4.56. The number of rotatable bonds is 5. The number of hydrogen-bond donors (Lipinski definition) is 1. The van der Waals surface area contributed by atoms with E-state index in [0.29, 0.717) is 22.2 Å². The van der Waals surface area contributed by atoms with Crippen LogP contribution in [-0.2, 0) is 16.1 Å². The molecular formula is C21H19NO6. The molecule has 7 heteroatoms. The third-order valence-corrected chi connectivity index (χ3v) is 3.96. The Labute approximate surface area is 160 Å². The van der Waals surface area contributed by atoms with E-state index in [1.54, 1.807) is 37.3 Å². The van der Waals surface area contributed by atoms with E-state index in [4.69, 9.17) is 13.9 Å². The van der Waals surface area contributed by atoms with Gasteiger partial charge >= 0.3 is 17.7 Å². The molecule has 0 aliphatic rings. The number of anilines is 1. The SMILES string of the molecule is CCOC(=O)Nc1ccc2c(COC(=O)c3cccc(C)c3)cc(=O)oc2c1. The van der Waals surface area contributed by atoms with Gasteiger partial charge in [0.05, 0.1) is 12.2 Å². The van der Waals surface area contributed by atoms with Gasteiger partial charge in [-0.25, -0.2) is 14.4 Å². The largest absolute Gasteiger partial charge is 0.457 e. The highest BCUT2D eigenvalue weighted by molar-refractivity contribution is 5.91. The lowest BCUT2D eigenvalue weighted by Crippen LogP contribution is -2.13. The summed E-state index contributed by atoms with van der Waals surface area (Å²) in [6, 6.07) is 13.2. The van der Waals surface area contributed by atoms with E-state index in [0.717, 1.165) is 5.56 Å². The summed E-state index contributed by atoms with van der Waals surface area (Å²) in [6.07, 6.45) is -0.604. The second kappa shape index (κ2) is 8.39. The summed E-state index contributed by atoms with van der Waals surface area (Å²) in [4.78, 5) is 35.7. The second-order valence-electron chi connectivity index (χ2n) is 6.09. The molecule has 0 radical (unpaired) electrons. The molecule has 0 atom stereocenters. The Morgan fingerprint density at radius 2 is 1.89 bits per heavy atom. The van der Waals surface area contributed by atoms with Crippen LogP contribution >= 0.6 is 0 Å². The van der Waals surface area contributed by atoms with Crippen molar-refractivity contribution in [3.8, 4) is 0 Å². The summed E-state index contributed by atoms with van der Waals surface area (Å²) in [7, 11) is 0. The smallest absolute Gasteiger partial charge is 0.411 e. The highest BCUT2D eigenvalue weighted by Gasteiger charge is 2.12. The van der Waals surface area contributed by atoms with Gasteiger partial charge in [0.2, 0.25) is 0 Å². The van der Waals surface area contributed by atoms with Crippen molar-refractivity contribution in [3.63, 3.8) is 0 Å². The van der Waals surface area contributed by atoms with Crippen molar-refractivity contribution in [2.45, 2.75) is 20.5 Å². The van der Waals surface area contributed by atoms with E-state index >= 15 is 0 Å². The van der Waals surface area contributed by atoms with Gasteiger partial charge in [-0.3, -0.25) is 5.32 Å². The van der Waals surface area contributed by atoms with Crippen molar-refractivity contribution in [3.05, 3.63) is 75.6 Å². The number of aryl methyl sites for hydroxylation is 1. The van der Waals surface area contributed by atoms with Crippen molar-refractivity contribution in [1.82, 2.24) is 0 Å². The number of benzene rings is 2. The van der Waals surface area contributed by atoms with Crippen LogP contribution in [0.1, 0.15) is 28.4 Å². The normalized spacial score (nSPS) is 10.5. The van der Waals surface area contributed by atoms with Crippen molar-refractivity contribution in [1.29, 1.82) is 0 Å². The fourth-order valence-electron chi connectivity index (χ4n) is 2.71. The average Bonchev–Trinajstić information content (AvgIpc) is 2.65. The molecule has 3 aromatic rings. The molecule has 0 saturated heterocycles. The zero-order valence-electron chi connectivity index (χ0n) is 15.5. The minimum atomic E-state index is -0.604. The molecule has 0 bridgehead atoms. The third-order valence-electron chi connectivity index (χ3n) is 3.96. The molecule has 0 aliphatic heterocycles. The maximum atomic E-state index is 12.2. The van der Waals surface area contributed by atoms with Gasteiger partial charge in [0.15, 0.2) is 0 Å². The molecule has 7 nitrogen and oxygen atoms in total. The zero-order valence-corrected chi connectivity index (χ0v) is 15.5. The molecule has 0 fully saturated rings. The Morgan fingerprint density at radius 1 is 1.07 bits per heavy atom. The number of carbonyl (C=O) groups is 2. The van der Waals surface area contributed by atoms with Gasteiger partial charge in [-0.15, -0.1) is 0 Å². The minimum absolute atomic E-state index is 0.0838. The van der Waals surface area contributed by atoms with Crippen LogP contribution in [0.5, 0.6) is 0 Å². The van der Waals surface area contributed by atoms with Gasteiger partial charge in [0.1, 0.15) is 12.2 Å². The lowest BCUT2D eigenvalue weighted by molar-refractivity contribution is 0.0473. The fraction of sp³-hybridized carbons (Fsp3) is 0.190. The first-order chi connectivity index (χ1) is 13.5. The summed E-state index contributed by atoms with van der Waals surface area (Å²) in [5, 5.41) is 3.15. The van der Waals surface area contributed by atoms with Crippen molar-refractivity contribution in [2.24, 2.45) is 0 Å². The predicted molar refractivity (Wildman–Crippen MR) is 103 cm³/mol.